The van der Waals surface area contributed by atoms with Crippen LogP contribution in [0.4, 0.5) is 5.82 Å². The van der Waals surface area contributed by atoms with Crippen LogP contribution in [0.5, 0.6) is 5.75 Å². The maximum absolute atomic E-state index is 11.8. The summed E-state index contributed by atoms with van der Waals surface area (Å²) >= 11 is 0. The van der Waals surface area contributed by atoms with Crippen molar-refractivity contribution >= 4 is 11.7 Å². The van der Waals surface area contributed by atoms with Crippen LogP contribution < -0.4 is 9.64 Å². The molecule has 2 aromatic rings. The van der Waals surface area contributed by atoms with Crippen molar-refractivity contribution < 1.29 is 9.53 Å². The Morgan fingerprint density at radius 2 is 2.00 bits per heavy atom. The number of fused-ring (bicyclic) bond motifs is 1. The number of amides is 1. The lowest BCUT2D eigenvalue weighted by atomic mass is 10.1. The van der Waals surface area contributed by atoms with Crippen molar-refractivity contribution in [1.82, 2.24) is 4.98 Å². The molecule has 2 heterocycles. The van der Waals surface area contributed by atoms with Crippen molar-refractivity contribution in [3.05, 3.63) is 53.7 Å². The molecule has 0 bridgehead atoms. The lowest BCUT2D eigenvalue weighted by molar-refractivity contribution is -0.125. The number of hydrogen-bond donors (Lipinski definition) is 0. The maximum atomic E-state index is 11.8. The molecule has 0 saturated carbocycles. The van der Waals surface area contributed by atoms with Crippen molar-refractivity contribution in [2.75, 3.05) is 11.9 Å². The number of anilines is 1. The highest BCUT2D eigenvalue weighted by molar-refractivity contribution is 5.98. The van der Waals surface area contributed by atoms with Gasteiger partial charge < -0.3 is 4.74 Å². The molecule has 4 nitrogen and oxygen atoms in total. The minimum absolute atomic E-state index is 0.0687. The number of pyridine rings is 1. The zero-order valence-corrected chi connectivity index (χ0v) is 11.5. The van der Waals surface area contributed by atoms with Gasteiger partial charge in [0.05, 0.1) is 0 Å². The van der Waals surface area contributed by atoms with Gasteiger partial charge in [0.15, 0.2) is 17.7 Å². The van der Waals surface area contributed by atoms with Gasteiger partial charge in [-0.3, -0.25) is 9.69 Å². The molecule has 0 spiro atoms. The van der Waals surface area contributed by atoms with Gasteiger partial charge in [0, 0.05) is 13.2 Å². The molecule has 3 rings (SSSR count). The predicted molar refractivity (Wildman–Crippen MR) is 77.0 cm³/mol. The van der Waals surface area contributed by atoms with E-state index in [1.807, 2.05) is 24.3 Å². The molecule has 1 amide bonds. The quantitative estimate of drug-likeness (QED) is 0.840. The van der Waals surface area contributed by atoms with Crippen molar-refractivity contribution in [3.63, 3.8) is 0 Å². The van der Waals surface area contributed by atoms with Gasteiger partial charge in [0.1, 0.15) is 0 Å². The minimum Gasteiger partial charge on any atom is -0.477 e. The highest BCUT2D eigenvalue weighted by atomic mass is 16.5. The van der Waals surface area contributed by atoms with E-state index >= 15 is 0 Å². The second kappa shape index (κ2) is 4.96. The molecular formula is C16H16N2O2. The third kappa shape index (κ3) is 2.25. The van der Waals surface area contributed by atoms with Gasteiger partial charge in [0.25, 0.3) is 5.91 Å². The number of rotatable bonds is 2. The van der Waals surface area contributed by atoms with Gasteiger partial charge in [-0.1, -0.05) is 30.3 Å². The molecule has 20 heavy (non-hydrogen) atoms. The summed E-state index contributed by atoms with van der Waals surface area (Å²) in [5.74, 6) is 1.19. The van der Waals surface area contributed by atoms with Crippen molar-refractivity contribution in [1.29, 1.82) is 0 Å². The van der Waals surface area contributed by atoms with Crippen LogP contribution in [-0.4, -0.2) is 24.0 Å². The average Bonchev–Trinajstić information content (AvgIpc) is 2.46. The fourth-order valence-electron chi connectivity index (χ4n) is 2.36. The van der Waals surface area contributed by atoms with E-state index < -0.39 is 6.10 Å². The van der Waals surface area contributed by atoms with E-state index in [1.54, 1.807) is 25.1 Å². The first-order chi connectivity index (χ1) is 9.65. The predicted octanol–water partition coefficient (Wildman–Crippen LogP) is 2.42. The standard InChI is InChI=1S/C16H16N2O2/c1-11-16(19)18(2)15-14(20-11)9-13(10-17-15)8-12-6-4-3-5-7-12/h3-7,9-11H,8H2,1-2H3. The average molecular weight is 268 g/mol. The van der Waals surface area contributed by atoms with Crippen LogP contribution in [0.3, 0.4) is 0 Å². The molecule has 1 aromatic carbocycles. The van der Waals surface area contributed by atoms with Crippen molar-refractivity contribution in [2.24, 2.45) is 0 Å². The molecule has 0 fully saturated rings. The molecule has 1 unspecified atom stereocenters. The molecule has 0 saturated heterocycles. The van der Waals surface area contributed by atoms with Gasteiger partial charge in [-0.15, -0.1) is 0 Å². The summed E-state index contributed by atoms with van der Waals surface area (Å²) < 4.78 is 5.64. The van der Waals surface area contributed by atoms with E-state index in [4.69, 9.17) is 4.74 Å². The first-order valence-corrected chi connectivity index (χ1v) is 6.62. The van der Waals surface area contributed by atoms with Gasteiger partial charge in [-0.25, -0.2) is 4.98 Å². The summed E-state index contributed by atoms with van der Waals surface area (Å²) in [6.45, 7) is 1.76. The first-order valence-electron chi connectivity index (χ1n) is 6.62. The number of benzene rings is 1. The van der Waals surface area contributed by atoms with Crippen LogP contribution >= 0.6 is 0 Å². The number of nitrogens with zero attached hydrogens (tertiary/aromatic N) is 2. The largest absolute Gasteiger partial charge is 0.477 e. The molecule has 0 radical (unpaired) electrons. The Balaban J connectivity index is 1.90. The third-order valence-corrected chi connectivity index (χ3v) is 3.44. The van der Waals surface area contributed by atoms with E-state index in [9.17, 15) is 4.79 Å². The fourth-order valence-corrected chi connectivity index (χ4v) is 2.36. The number of carbonyl (C=O) groups excluding carboxylic acids is 1. The Morgan fingerprint density at radius 1 is 1.25 bits per heavy atom. The fraction of sp³-hybridized carbons (Fsp3) is 0.250. The van der Waals surface area contributed by atoms with E-state index in [0.29, 0.717) is 11.6 Å². The Kier molecular flexibility index (Phi) is 3.14. The molecule has 1 aliphatic rings. The Hall–Kier alpha value is -2.36. The zero-order valence-electron chi connectivity index (χ0n) is 11.5. The van der Waals surface area contributed by atoms with Gasteiger partial charge in [-0.2, -0.15) is 0 Å². The highest BCUT2D eigenvalue weighted by Gasteiger charge is 2.29. The van der Waals surface area contributed by atoms with E-state index in [2.05, 4.69) is 17.1 Å². The molecule has 0 aliphatic carbocycles. The number of hydrogen-bond acceptors (Lipinski definition) is 3. The van der Waals surface area contributed by atoms with E-state index in [-0.39, 0.29) is 5.91 Å². The van der Waals surface area contributed by atoms with E-state index in [0.717, 1.165) is 12.0 Å². The van der Waals surface area contributed by atoms with Crippen LogP contribution in [0.25, 0.3) is 0 Å². The normalized spacial score (nSPS) is 17.6. The summed E-state index contributed by atoms with van der Waals surface area (Å²) in [6, 6.07) is 12.2. The highest BCUT2D eigenvalue weighted by Crippen LogP contribution is 2.32. The summed E-state index contributed by atoms with van der Waals surface area (Å²) in [7, 11) is 1.73. The molecule has 1 aromatic heterocycles. The summed E-state index contributed by atoms with van der Waals surface area (Å²) in [5, 5.41) is 0. The lowest BCUT2D eigenvalue weighted by Crippen LogP contribution is -2.42. The van der Waals surface area contributed by atoms with Gasteiger partial charge in [0.2, 0.25) is 0 Å². The van der Waals surface area contributed by atoms with Crippen LogP contribution in [0.1, 0.15) is 18.1 Å². The van der Waals surface area contributed by atoms with Crippen LogP contribution in [0.2, 0.25) is 0 Å². The van der Waals surface area contributed by atoms with Gasteiger partial charge in [-0.05, 0) is 30.5 Å². The maximum Gasteiger partial charge on any atom is 0.268 e. The second-order valence-corrected chi connectivity index (χ2v) is 4.99. The minimum atomic E-state index is -0.457. The Bertz CT molecular complexity index is 640. The number of carbonyl (C=O) groups is 1. The summed E-state index contributed by atoms with van der Waals surface area (Å²) in [6.07, 6.45) is 2.15. The Morgan fingerprint density at radius 3 is 2.75 bits per heavy atom. The molecule has 102 valence electrons. The topological polar surface area (TPSA) is 42.4 Å². The third-order valence-electron chi connectivity index (χ3n) is 3.44. The monoisotopic (exact) mass is 268 g/mol. The smallest absolute Gasteiger partial charge is 0.268 e. The zero-order chi connectivity index (χ0) is 14.1. The van der Waals surface area contributed by atoms with Crippen molar-refractivity contribution in [3.8, 4) is 5.75 Å². The molecule has 4 heteroatoms. The molecule has 0 N–H and O–H groups in total. The van der Waals surface area contributed by atoms with Gasteiger partial charge >= 0.3 is 0 Å². The summed E-state index contributed by atoms with van der Waals surface area (Å²) in [4.78, 5) is 17.7. The number of ether oxygens (including phenoxy) is 1. The number of likely N-dealkylation sites (N-methyl/N-ethyl adjacent to an activating group) is 1. The second-order valence-electron chi connectivity index (χ2n) is 4.99. The Labute approximate surface area is 118 Å². The van der Waals surface area contributed by atoms with Crippen LogP contribution in [-0.2, 0) is 11.2 Å². The molecular weight excluding hydrogens is 252 g/mol. The van der Waals surface area contributed by atoms with Crippen LogP contribution in [0, 0.1) is 0 Å². The van der Waals surface area contributed by atoms with Crippen LogP contribution in [0.15, 0.2) is 42.6 Å². The SMILES string of the molecule is CC1Oc2cc(Cc3ccccc3)cnc2N(C)C1=O. The first kappa shape index (κ1) is 12.7. The summed E-state index contributed by atoms with van der Waals surface area (Å²) in [5.41, 5.74) is 2.30. The van der Waals surface area contributed by atoms with Crippen molar-refractivity contribution in [2.45, 2.75) is 19.4 Å². The molecule has 1 atom stereocenters. The van der Waals surface area contributed by atoms with E-state index in [1.165, 1.54) is 5.56 Å². The lowest BCUT2D eigenvalue weighted by Gasteiger charge is -2.29. The number of aromatic nitrogens is 1. The molecule has 1 aliphatic heterocycles.